The number of nitrogens with zero attached hydrogens (tertiary/aromatic N) is 1. The molecule has 3 aromatic carbocycles. The molecule has 1 aromatic heterocycles. The Morgan fingerprint density at radius 2 is 1.68 bits per heavy atom. The molecule has 0 bridgehead atoms. The molecule has 0 spiro atoms. The Hall–Kier alpha value is -3.08. The molecule has 0 saturated heterocycles. The van der Waals surface area contributed by atoms with Gasteiger partial charge in [0.1, 0.15) is 18.1 Å². The fourth-order valence-electron chi connectivity index (χ4n) is 4.82. The molecule has 4 nitrogen and oxygen atoms in total. The highest BCUT2D eigenvalue weighted by molar-refractivity contribution is 6.33. The molecule has 5 heteroatoms. The van der Waals surface area contributed by atoms with E-state index in [9.17, 15) is 4.79 Å². The zero-order chi connectivity index (χ0) is 23.5. The Balaban J connectivity index is 1.52. The Morgan fingerprint density at radius 1 is 1.00 bits per heavy atom. The van der Waals surface area contributed by atoms with Crippen molar-refractivity contribution in [2.75, 3.05) is 13.3 Å². The summed E-state index contributed by atoms with van der Waals surface area (Å²) in [4.78, 5) is 14.7. The predicted molar refractivity (Wildman–Crippen MR) is 137 cm³/mol. The van der Waals surface area contributed by atoms with E-state index in [1.165, 1.54) is 11.1 Å². The smallest absolute Gasteiger partial charge is 0.336 e. The van der Waals surface area contributed by atoms with Gasteiger partial charge >= 0.3 is 5.63 Å². The standard InChI is InChI=1S/C29H28ClNO3/c1-2-3-10-22-15-27(32)34-28-23(22)16-26(30)29-25(28)18-31(19-33-29)17-24(20-11-6-4-7-12-20)21-13-8-5-9-14-21/h4-9,11-16,24H,2-3,10,17-19H2,1H3. The molecule has 0 fully saturated rings. The van der Waals surface area contributed by atoms with E-state index in [2.05, 4.69) is 60.4 Å². The summed E-state index contributed by atoms with van der Waals surface area (Å²) < 4.78 is 11.9. The first kappa shape index (κ1) is 22.7. The van der Waals surface area contributed by atoms with Gasteiger partial charge in [0.15, 0.2) is 0 Å². The van der Waals surface area contributed by atoms with E-state index in [4.69, 9.17) is 20.8 Å². The Morgan fingerprint density at radius 3 is 2.32 bits per heavy atom. The zero-order valence-corrected chi connectivity index (χ0v) is 20.1. The summed E-state index contributed by atoms with van der Waals surface area (Å²) in [5.41, 5.74) is 4.61. The van der Waals surface area contributed by atoms with Gasteiger partial charge in [0, 0.05) is 30.5 Å². The molecule has 0 unspecified atom stereocenters. The van der Waals surface area contributed by atoms with E-state index in [0.29, 0.717) is 29.6 Å². The number of hydrogen-bond donors (Lipinski definition) is 0. The minimum atomic E-state index is -0.327. The molecule has 174 valence electrons. The maximum atomic E-state index is 12.4. The van der Waals surface area contributed by atoms with Gasteiger partial charge in [-0.15, -0.1) is 0 Å². The Bertz CT molecular complexity index is 1300. The molecule has 0 amide bonds. The van der Waals surface area contributed by atoms with Gasteiger partial charge in [-0.3, -0.25) is 4.90 Å². The molecule has 4 aromatic rings. The first-order chi connectivity index (χ1) is 16.6. The number of unbranched alkanes of at least 4 members (excludes halogenated alkanes) is 1. The fraction of sp³-hybridized carbons (Fsp3) is 0.276. The highest BCUT2D eigenvalue weighted by Gasteiger charge is 2.27. The van der Waals surface area contributed by atoms with Crippen LogP contribution in [-0.4, -0.2) is 18.2 Å². The Kier molecular flexibility index (Phi) is 6.70. The lowest BCUT2D eigenvalue weighted by Crippen LogP contribution is -2.35. The number of halogens is 1. The van der Waals surface area contributed by atoms with E-state index in [1.54, 1.807) is 6.07 Å². The van der Waals surface area contributed by atoms with Gasteiger partial charge in [0.2, 0.25) is 0 Å². The topological polar surface area (TPSA) is 42.7 Å². The van der Waals surface area contributed by atoms with E-state index in [-0.39, 0.29) is 11.5 Å². The summed E-state index contributed by atoms with van der Waals surface area (Å²) >= 11 is 6.65. The maximum absolute atomic E-state index is 12.4. The van der Waals surface area contributed by atoms with Crippen LogP contribution in [0.1, 0.15) is 47.9 Å². The first-order valence-corrected chi connectivity index (χ1v) is 12.2. The quantitative estimate of drug-likeness (QED) is 0.278. The molecule has 0 N–H and O–H groups in total. The van der Waals surface area contributed by atoms with Crippen molar-refractivity contribution in [2.45, 2.75) is 38.6 Å². The van der Waals surface area contributed by atoms with E-state index < -0.39 is 0 Å². The number of benzene rings is 3. The average Bonchev–Trinajstić information content (AvgIpc) is 2.87. The van der Waals surface area contributed by atoms with Crippen LogP contribution in [0, 0.1) is 0 Å². The summed E-state index contributed by atoms with van der Waals surface area (Å²) in [6.45, 7) is 3.93. The highest BCUT2D eigenvalue weighted by atomic mass is 35.5. The van der Waals surface area contributed by atoms with Gasteiger partial charge in [0.25, 0.3) is 0 Å². The molecule has 0 atom stereocenters. The molecular formula is C29H28ClNO3. The van der Waals surface area contributed by atoms with Gasteiger partial charge in [-0.2, -0.15) is 0 Å². The minimum absolute atomic E-state index is 0.185. The molecule has 5 rings (SSSR count). The molecule has 0 saturated carbocycles. The fourth-order valence-corrected chi connectivity index (χ4v) is 5.10. The van der Waals surface area contributed by atoms with Crippen molar-refractivity contribution in [3.8, 4) is 5.75 Å². The molecule has 0 radical (unpaired) electrons. The second-order valence-electron chi connectivity index (χ2n) is 8.90. The molecule has 1 aliphatic rings. The van der Waals surface area contributed by atoms with Crippen molar-refractivity contribution in [3.05, 3.63) is 110 Å². The third-order valence-corrected chi connectivity index (χ3v) is 6.82. The molecule has 34 heavy (non-hydrogen) atoms. The number of rotatable bonds is 7. The van der Waals surface area contributed by atoms with Crippen molar-refractivity contribution in [1.29, 1.82) is 0 Å². The van der Waals surface area contributed by atoms with Crippen LogP contribution in [0.2, 0.25) is 5.02 Å². The summed E-state index contributed by atoms with van der Waals surface area (Å²) in [6, 6.07) is 24.5. The van der Waals surface area contributed by atoms with E-state index in [1.807, 2.05) is 18.2 Å². The SMILES string of the molecule is CCCCc1cc(=O)oc2c3c(c(Cl)cc12)OCN(CC(c1ccccc1)c1ccccc1)C3. The summed E-state index contributed by atoms with van der Waals surface area (Å²) in [6.07, 6.45) is 2.88. The molecule has 1 aliphatic heterocycles. The second-order valence-corrected chi connectivity index (χ2v) is 9.30. The largest absolute Gasteiger partial charge is 0.476 e. The summed E-state index contributed by atoms with van der Waals surface area (Å²) in [5.74, 6) is 0.808. The van der Waals surface area contributed by atoms with Crippen LogP contribution in [0.3, 0.4) is 0 Å². The van der Waals surface area contributed by atoms with Gasteiger partial charge in [0.05, 0.1) is 10.6 Å². The van der Waals surface area contributed by atoms with Crippen molar-refractivity contribution in [3.63, 3.8) is 0 Å². The van der Waals surface area contributed by atoms with E-state index >= 15 is 0 Å². The lowest BCUT2D eigenvalue weighted by molar-refractivity contribution is 0.0926. The third kappa shape index (κ3) is 4.61. The normalized spacial score (nSPS) is 13.7. The average molecular weight is 474 g/mol. The minimum Gasteiger partial charge on any atom is -0.476 e. The van der Waals surface area contributed by atoms with Crippen LogP contribution < -0.4 is 10.4 Å². The van der Waals surface area contributed by atoms with Crippen LogP contribution in [-0.2, 0) is 13.0 Å². The molecule has 2 heterocycles. The monoisotopic (exact) mass is 473 g/mol. The molecule has 0 aliphatic carbocycles. The van der Waals surface area contributed by atoms with Gasteiger partial charge in [-0.25, -0.2) is 4.79 Å². The van der Waals surface area contributed by atoms with Crippen LogP contribution in [0.15, 0.2) is 82.0 Å². The van der Waals surface area contributed by atoms with Crippen molar-refractivity contribution >= 4 is 22.6 Å². The molecular weight excluding hydrogens is 446 g/mol. The maximum Gasteiger partial charge on any atom is 0.336 e. The predicted octanol–water partition coefficient (Wildman–Crippen LogP) is 6.77. The van der Waals surface area contributed by atoms with E-state index in [0.717, 1.165) is 42.3 Å². The summed E-state index contributed by atoms with van der Waals surface area (Å²) in [7, 11) is 0. The van der Waals surface area contributed by atoms with Gasteiger partial charge in [-0.1, -0.05) is 85.6 Å². The highest BCUT2D eigenvalue weighted by Crippen LogP contribution is 2.40. The zero-order valence-electron chi connectivity index (χ0n) is 19.3. The lowest BCUT2D eigenvalue weighted by atomic mass is 9.90. The lowest BCUT2D eigenvalue weighted by Gasteiger charge is -2.33. The number of hydrogen-bond acceptors (Lipinski definition) is 4. The van der Waals surface area contributed by atoms with Crippen LogP contribution >= 0.6 is 11.6 Å². The van der Waals surface area contributed by atoms with Crippen LogP contribution in [0.4, 0.5) is 0 Å². The Labute approximate surface area is 204 Å². The first-order valence-electron chi connectivity index (χ1n) is 11.9. The van der Waals surface area contributed by atoms with Crippen molar-refractivity contribution in [2.24, 2.45) is 0 Å². The van der Waals surface area contributed by atoms with Crippen LogP contribution in [0.5, 0.6) is 5.75 Å². The van der Waals surface area contributed by atoms with Crippen molar-refractivity contribution in [1.82, 2.24) is 4.90 Å². The van der Waals surface area contributed by atoms with Crippen molar-refractivity contribution < 1.29 is 9.15 Å². The second kappa shape index (κ2) is 10.0. The third-order valence-electron chi connectivity index (χ3n) is 6.54. The number of ether oxygens (including phenoxy) is 1. The van der Waals surface area contributed by atoms with Gasteiger partial charge in [-0.05, 0) is 35.6 Å². The van der Waals surface area contributed by atoms with Crippen LogP contribution in [0.25, 0.3) is 11.0 Å². The summed E-state index contributed by atoms with van der Waals surface area (Å²) in [5, 5.41) is 1.47. The van der Waals surface area contributed by atoms with Gasteiger partial charge < -0.3 is 9.15 Å². The number of aryl methyl sites for hydroxylation is 1. The number of fused-ring (bicyclic) bond motifs is 3.